The Morgan fingerprint density at radius 2 is 2.00 bits per heavy atom. The summed E-state index contributed by atoms with van der Waals surface area (Å²) < 4.78 is 0. The number of nitrogens with zero attached hydrogens (tertiary/aromatic N) is 2. The van der Waals surface area contributed by atoms with Crippen LogP contribution in [0, 0.1) is 11.3 Å². The molecule has 0 saturated carbocycles. The monoisotopic (exact) mass is 466 g/mol. The van der Waals surface area contributed by atoms with Crippen LogP contribution >= 0.6 is 11.3 Å². The summed E-state index contributed by atoms with van der Waals surface area (Å²) in [5.41, 5.74) is 10.0. The molecule has 4 rings (SSSR count). The van der Waals surface area contributed by atoms with Crippen molar-refractivity contribution >= 4 is 28.7 Å². The third-order valence-electron chi connectivity index (χ3n) is 6.68. The predicted octanol–water partition coefficient (Wildman–Crippen LogP) is 3.92. The highest BCUT2D eigenvalue weighted by Crippen LogP contribution is 2.41. The smallest absolute Gasteiger partial charge is 0.246 e. The minimum atomic E-state index is -0.667. The molecule has 0 spiro atoms. The van der Waals surface area contributed by atoms with Gasteiger partial charge in [0.2, 0.25) is 11.8 Å². The lowest BCUT2D eigenvalue weighted by Crippen LogP contribution is -2.57. The topological polar surface area (TPSA) is 88.3 Å². The number of allylic oxidation sites excluding steroid dienone is 1. The first-order valence-electron chi connectivity index (χ1n) is 11.7. The second kappa shape index (κ2) is 9.03. The number of hydrogen-bond donors (Lipinski definition) is 2. The number of carbonyl (C=O) groups is 2. The van der Waals surface area contributed by atoms with Gasteiger partial charge < -0.3 is 16.0 Å². The number of rotatable bonds is 5. The maximum atomic E-state index is 13.7. The van der Waals surface area contributed by atoms with Crippen LogP contribution in [-0.4, -0.2) is 40.3 Å². The van der Waals surface area contributed by atoms with Gasteiger partial charge in [0.05, 0.1) is 17.8 Å². The lowest BCUT2D eigenvalue weighted by molar-refractivity contribution is -0.140. The van der Waals surface area contributed by atoms with Gasteiger partial charge in [-0.3, -0.25) is 9.59 Å². The molecule has 2 amide bonds. The Morgan fingerprint density at radius 1 is 1.27 bits per heavy atom. The molecule has 1 fully saturated rings. The van der Waals surface area contributed by atoms with Gasteiger partial charge in [-0.2, -0.15) is 0 Å². The van der Waals surface area contributed by atoms with Crippen molar-refractivity contribution in [1.82, 2.24) is 15.2 Å². The van der Waals surface area contributed by atoms with Gasteiger partial charge in [-0.1, -0.05) is 58.0 Å². The van der Waals surface area contributed by atoms with Crippen molar-refractivity contribution in [3.8, 4) is 0 Å². The van der Waals surface area contributed by atoms with Gasteiger partial charge in [-0.15, -0.1) is 11.3 Å². The van der Waals surface area contributed by atoms with E-state index < -0.39 is 17.5 Å². The summed E-state index contributed by atoms with van der Waals surface area (Å²) in [6.07, 6.45) is 4.08. The molecular weight excluding hydrogens is 432 g/mol. The van der Waals surface area contributed by atoms with Gasteiger partial charge in [0.1, 0.15) is 11.0 Å². The molecule has 1 aliphatic heterocycles. The number of carbonyl (C=O) groups excluding carboxylic acids is 2. The van der Waals surface area contributed by atoms with Crippen molar-refractivity contribution in [3.63, 3.8) is 0 Å². The van der Waals surface area contributed by atoms with E-state index in [0.29, 0.717) is 12.5 Å². The quantitative estimate of drug-likeness (QED) is 0.699. The van der Waals surface area contributed by atoms with Crippen LogP contribution in [0.4, 0.5) is 0 Å². The van der Waals surface area contributed by atoms with E-state index in [4.69, 9.17) is 10.7 Å². The molecule has 1 aliphatic carbocycles. The summed E-state index contributed by atoms with van der Waals surface area (Å²) in [4.78, 5) is 33.0. The molecule has 7 heteroatoms. The molecule has 2 aromatic rings. The van der Waals surface area contributed by atoms with Crippen LogP contribution in [-0.2, 0) is 16.0 Å². The molecule has 0 unspecified atom stereocenters. The molecule has 0 radical (unpaired) electrons. The first kappa shape index (κ1) is 23.6. The average molecular weight is 467 g/mol. The number of nitrogens with two attached hydrogens (primary N) is 1. The lowest BCUT2D eigenvalue weighted by atomic mass is 9.85. The minimum Gasteiger partial charge on any atom is -0.342 e. The Bertz CT molecular complexity index is 1080. The summed E-state index contributed by atoms with van der Waals surface area (Å²) in [6, 6.07) is 7.04. The molecule has 1 saturated heterocycles. The van der Waals surface area contributed by atoms with E-state index >= 15 is 0 Å². The molecule has 2 heterocycles. The zero-order valence-corrected chi connectivity index (χ0v) is 20.9. The van der Waals surface area contributed by atoms with Crippen LogP contribution in [0.2, 0.25) is 0 Å². The van der Waals surface area contributed by atoms with Crippen LogP contribution < -0.4 is 11.1 Å². The van der Waals surface area contributed by atoms with Crippen molar-refractivity contribution in [2.45, 2.75) is 65.6 Å². The Hall–Kier alpha value is -2.51. The fourth-order valence-corrected chi connectivity index (χ4v) is 5.79. The zero-order chi connectivity index (χ0) is 23.9. The van der Waals surface area contributed by atoms with E-state index in [0.717, 1.165) is 23.5 Å². The SMILES string of the molecule is C[C@H](N)C(=O)N[C@H](C(=O)N1CC[C@H](C)[C@H]1c1nc(C2=CCc3ccccc32)cs1)C(C)(C)C. The number of hydrogen-bond acceptors (Lipinski definition) is 5. The lowest BCUT2D eigenvalue weighted by Gasteiger charge is -2.36. The number of likely N-dealkylation sites (tertiary alicyclic amines) is 1. The van der Waals surface area contributed by atoms with Gasteiger partial charge in [0.25, 0.3) is 0 Å². The van der Waals surface area contributed by atoms with Gasteiger partial charge >= 0.3 is 0 Å². The Labute approximate surface area is 200 Å². The first-order valence-corrected chi connectivity index (χ1v) is 12.6. The van der Waals surface area contributed by atoms with Crippen LogP contribution in [0.25, 0.3) is 5.57 Å². The molecule has 2 aliphatic rings. The fraction of sp³-hybridized carbons (Fsp3) is 0.500. The van der Waals surface area contributed by atoms with Crippen molar-refractivity contribution in [3.05, 3.63) is 57.6 Å². The largest absolute Gasteiger partial charge is 0.342 e. The summed E-state index contributed by atoms with van der Waals surface area (Å²) in [6.45, 7) is 10.4. The maximum Gasteiger partial charge on any atom is 0.246 e. The summed E-state index contributed by atoms with van der Waals surface area (Å²) in [5.74, 6) is -0.0778. The summed E-state index contributed by atoms with van der Waals surface area (Å²) in [7, 11) is 0. The van der Waals surface area contributed by atoms with Crippen LogP contribution in [0.1, 0.15) is 68.9 Å². The number of nitrogens with one attached hydrogen (secondary N) is 1. The Morgan fingerprint density at radius 3 is 2.70 bits per heavy atom. The zero-order valence-electron chi connectivity index (χ0n) is 20.1. The number of benzene rings is 1. The highest BCUT2D eigenvalue weighted by Gasteiger charge is 2.43. The predicted molar refractivity (Wildman–Crippen MR) is 133 cm³/mol. The molecule has 1 aromatic heterocycles. The number of aromatic nitrogens is 1. The van der Waals surface area contributed by atoms with E-state index in [1.165, 1.54) is 16.7 Å². The first-order chi connectivity index (χ1) is 15.6. The summed E-state index contributed by atoms with van der Waals surface area (Å²) in [5, 5.41) is 5.96. The van der Waals surface area contributed by atoms with E-state index in [2.05, 4.69) is 48.0 Å². The number of thiazole rings is 1. The van der Waals surface area contributed by atoms with Crippen LogP contribution in [0.15, 0.2) is 35.7 Å². The molecule has 0 bridgehead atoms. The van der Waals surface area contributed by atoms with Crippen molar-refractivity contribution < 1.29 is 9.59 Å². The Balaban J connectivity index is 1.60. The van der Waals surface area contributed by atoms with Gasteiger partial charge in [0, 0.05) is 17.5 Å². The van der Waals surface area contributed by atoms with Gasteiger partial charge in [-0.05, 0) is 42.2 Å². The van der Waals surface area contributed by atoms with Crippen molar-refractivity contribution in [2.24, 2.45) is 17.1 Å². The Kier molecular flexibility index (Phi) is 6.47. The van der Waals surface area contributed by atoms with E-state index in [1.54, 1.807) is 18.3 Å². The highest BCUT2D eigenvalue weighted by atomic mass is 32.1. The third-order valence-corrected chi connectivity index (χ3v) is 7.60. The minimum absolute atomic E-state index is 0.0620. The average Bonchev–Trinajstić information content (AvgIpc) is 3.47. The summed E-state index contributed by atoms with van der Waals surface area (Å²) >= 11 is 1.62. The fourth-order valence-electron chi connectivity index (χ4n) is 4.73. The maximum absolute atomic E-state index is 13.7. The second-order valence-electron chi connectivity index (χ2n) is 10.4. The second-order valence-corrected chi connectivity index (χ2v) is 11.3. The van der Waals surface area contributed by atoms with Gasteiger partial charge in [0.15, 0.2) is 0 Å². The molecule has 176 valence electrons. The number of amides is 2. The van der Waals surface area contributed by atoms with Crippen molar-refractivity contribution in [1.29, 1.82) is 0 Å². The normalized spacial score (nSPS) is 22.0. The number of fused-ring (bicyclic) bond motifs is 1. The van der Waals surface area contributed by atoms with E-state index in [9.17, 15) is 9.59 Å². The molecule has 1 aromatic carbocycles. The van der Waals surface area contributed by atoms with E-state index in [1.807, 2.05) is 25.7 Å². The third kappa shape index (κ3) is 4.62. The molecule has 4 atom stereocenters. The van der Waals surface area contributed by atoms with Crippen LogP contribution in [0.5, 0.6) is 0 Å². The molecular formula is C26H34N4O2S. The molecule has 3 N–H and O–H groups in total. The van der Waals surface area contributed by atoms with E-state index in [-0.39, 0.29) is 17.9 Å². The standard InChI is InChI=1S/C26H34N4O2S/c1-15-12-13-30(25(32)22(26(3,4)5)29-23(31)16(2)27)21(15)24-28-20(14-33-24)19-11-10-17-8-6-7-9-18(17)19/h6-9,11,14-16,21-22H,10,12-13,27H2,1-5H3,(H,29,31)/t15-,16-,21-,22+/m0/s1. The molecule has 33 heavy (non-hydrogen) atoms. The molecule has 6 nitrogen and oxygen atoms in total. The highest BCUT2D eigenvalue weighted by molar-refractivity contribution is 7.09. The van der Waals surface area contributed by atoms with Crippen LogP contribution in [0.3, 0.4) is 0 Å². The van der Waals surface area contributed by atoms with Gasteiger partial charge in [-0.25, -0.2) is 4.98 Å². The van der Waals surface area contributed by atoms with Crippen molar-refractivity contribution in [2.75, 3.05) is 6.54 Å².